The quantitative estimate of drug-likeness (QED) is 0.835. The van der Waals surface area contributed by atoms with E-state index >= 15 is 0 Å². The molecule has 2 rings (SSSR count). The van der Waals surface area contributed by atoms with Crippen molar-refractivity contribution in [2.24, 2.45) is 5.92 Å². The standard InChI is InChI=1S/C13H17NO2S/c1-14(11-7-9(8-11)13(15)16)10-3-5-12(17-2)6-4-10/h3-6,9,11H,7-8H2,1-2H3,(H,15,16). The van der Waals surface area contributed by atoms with Gasteiger partial charge in [0.15, 0.2) is 0 Å². The number of thioether (sulfide) groups is 1. The summed E-state index contributed by atoms with van der Waals surface area (Å²) in [6.45, 7) is 0. The number of carboxylic acids is 1. The van der Waals surface area contributed by atoms with Crippen LogP contribution in [0, 0.1) is 5.92 Å². The van der Waals surface area contributed by atoms with E-state index in [4.69, 9.17) is 5.11 Å². The molecule has 1 saturated carbocycles. The summed E-state index contributed by atoms with van der Waals surface area (Å²) in [5.74, 6) is -0.805. The number of anilines is 1. The molecule has 0 aromatic heterocycles. The molecule has 1 aromatic rings. The smallest absolute Gasteiger partial charge is 0.306 e. The summed E-state index contributed by atoms with van der Waals surface area (Å²) in [6, 6.07) is 8.77. The number of nitrogens with zero attached hydrogens (tertiary/aromatic N) is 1. The molecule has 3 nitrogen and oxygen atoms in total. The van der Waals surface area contributed by atoms with Crippen molar-refractivity contribution in [2.75, 3.05) is 18.2 Å². The van der Waals surface area contributed by atoms with Crippen LogP contribution >= 0.6 is 11.8 Å². The van der Waals surface area contributed by atoms with E-state index in [-0.39, 0.29) is 5.92 Å². The molecule has 1 aliphatic rings. The van der Waals surface area contributed by atoms with Gasteiger partial charge in [-0.15, -0.1) is 11.8 Å². The molecular weight excluding hydrogens is 234 g/mol. The van der Waals surface area contributed by atoms with E-state index in [1.54, 1.807) is 11.8 Å². The van der Waals surface area contributed by atoms with Gasteiger partial charge in [-0.1, -0.05) is 0 Å². The third kappa shape index (κ3) is 2.57. The third-order valence-corrected chi connectivity index (χ3v) is 4.23. The lowest BCUT2D eigenvalue weighted by Crippen LogP contribution is -2.45. The van der Waals surface area contributed by atoms with E-state index in [0.717, 1.165) is 18.5 Å². The van der Waals surface area contributed by atoms with Gasteiger partial charge in [0, 0.05) is 23.7 Å². The van der Waals surface area contributed by atoms with Crippen LogP contribution in [0.3, 0.4) is 0 Å². The fraction of sp³-hybridized carbons (Fsp3) is 0.462. The van der Waals surface area contributed by atoms with Gasteiger partial charge in [0.2, 0.25) is 0 Å². The summed E-state index contributed by atoms with van der Waals surface area (Å²) in [5, 5.41) is 8.85. The van der Waals surface area contributed by atoms with Crippen LogP contribution in [0.15, 0.2) is 29.2 Å². The highest BCUT2D eigenvalue weighted by molar-refractivity contribution is 7.98. The van der Waals surface area contributed by atoms with Crippen molar-refractivity contribution in [3.05, 3.63) is 24.3 Å². The number of carboxylic acid groups (broad SMARTS) is 1. The number of carbonyl (C=O) groups is 1. The van der Waals surface area contributed by atoms with Crippen molar-refractivity contribution >= 4 is 23.4 Å². The SMILES string of the molecule is CSc1ccc(N(C)C2CC(C(=O)O)C2)cc1. The highest BCUT2D eigenvalue weighted by Gasteiger charge is 2.36. The van der Waals surface area contributed by atoms with Crippen LogP contribution in [-0.4, -0.2) is 30.4 Å². The summed E-state index contributed by atoms with van der Waals surface area (Å²) in [5.41, 5.74) is 1.16. The second kappa shape index (κ2) is 5.00. The predicted octanol–water partition coefficient (Wildman–Crippen LogP) is 2.71. The van der Waals surface area contributed by atoms with Crippen molar-refractivity contribution in [3.63, 3.8) is 0 Å². The van der Waals surface area contributed by atoms with Gasteiger partial charge in [-0.3, -0.25) is 4.79 Å². The van der Waals surface area contributed by atoms with Crippen molar-refractivity contribution in [1.29, 1.82) is 0 Å². The van der Waals surface area contributed by atoms with Crippen molar-refractivity contribution in [2.45, 2.75) is 23.8 Å². The van der Waals surface area contributed by atoms with E-state index in [1.165, 1.54) is 4.90 Å². The first-order valence-corrected chi connectivity index (χ1v) is 6.94. The minimum Gasteiger partial charge on any atom is -0.481 e. The Bertz CT molecular complexity index is 398. The Morgan fingerprint density at radius 2 is 1.94 bits per heavy atom. The first-order valence-electron chi connectivity index (χ1n) is 5.71. The summed E-state index contributed by atoms with van der Waals surface area (Å²) in [4.78, 5) is 14.2. The van der Waals surface area contributed by atoms with Crippen LogP contribution < -0.4 is 4.90 Å². The number of rotatable bonds is 4. The molecule has 0 saturated heterocycles. The van der Waals surface area contributed by atoms with Gasteiger partial charge in [0.05, 0.1) is 5.92 Å². The predicted molar refractivity (Wildman–Crippen MR) is 70.8 cm³/mol. The summed E-state index contributed by atoms with van der Waals surface area (Å²) >= 11 is 1.73. The number of hydrogen-bond acceptors (Lipinski definition) is 3. The van der Waals surface area contributed by atoms with Gasteiger partial charge >= 0.3 is 5.97 Å². The Labute approximate surface area is 106 Å². The van der Waals surface area contributed by atoms with Crippen LogP contribution in [0.1, 0.15) is 12.8 Å². The first kappa shape index (κ1) is 12.3. The van der Waals surface area contributed by atoms with E-state index < -0.39 is 5.97 Å². The lowest BCUT2D eigenvalue weighted by Gasteiger charge is -2.40. The molecule has 0 spiro atoms. The maximum Gasteiger partial charge on any atom is 0.306 e. The van der Waals surface area contributed by atoms with Crippen LogP contribution in [0.5, 0.6) is 0 Å². The third-order valence-electron chi connectivity index (χ3n) is 3.49. The maximum atomic E-state index is 10.7. The Morgan fingerprint density at radius 3 is 2.41 bits per heavy atom. The zero-order valence-electron chi connectivity index (χ0n) is 10.1. The molecule has 0 aliphatic heterocycles. The van der Waals surface area contributed by atoms with Crippen LogP contribution in [0.4, 0.5) is 5.69 Å². The summed E-state index contributed by atoms with van der Waals surface area (Å²) in [7, 11) is 2.04. The molecule has 1 aliphatic carbocycles. The first-order chi connectivity index (χ1) is 8.11. The topological polar surface area (TPSA) is 40.5 Å². The van der Waals surface area contributed by atoms with Gasteiger partial charge in [-0.25, -0.2) is 0 Å². The summed E-state index contributed by atoms with van der Waals surface area (Å²) < 4.78 is 0. The number of benzene rings is 1. The van der Waals surface area contributed by atoms with Gasteiger partial charge in [-0.2, -0.15) is 0 Å². The Balaban J connectivity index is 1.96. The Morgan fingerprint density at radius 1 is 1.35 bits per heavy atom. The lowest BCUT2D eigenvalue weighted by atomic mass is 9.79. The zero-order chi connectivity index (χ0) is 12.4. The molecule has 0 amide bonds. The molecule has 92 valence electrons. The van der Waals surface area contributed by atoms with Crippen molar-refractivity contribution < 1.29 is 9.90 Å². The molecule has 0 bridgehead atoms. The fourth-order valence-electron chi connectivity index (χ4n) is 2.13. The fourth-order valence-corrected chi connectivity index (χ4v) is 2.54. The zero-order valence-corrected chi connectivity index (χ0v) is 10.9. The summed E-state index contributed by atoms with van der Waals surface area (Å²) in [6.07, 6.45) is 3.58. The van der Waals surface area contributed by atoms with Gasteiger partial charge in [-0.05, 0) is 43.4 Å². The van der Waals surface area contributed by atoms with E-state index in [0.29, 0.717) is 6.04 Å². The monoisotopic (exact) mass is 251 g/mol. The highest BCUT2D eigenvalue weighted by Crippen LogP contribution is 2.34. The number of aliphatic carboxylic acids is 1. The van der Waals surface area contributed by atoms with Crippen LogP contribution in [0.2, 0.25) is 0 Å². The molecule has 0 unspecified atom stereocenters. The average molecular weight is 251 g/mol. The Kier molecular flexibility index (Phi) is 3.62. The van der Waals surface area contributed by atoms with E-state index in [1.807, 2.05) is 7.05 Å². The molecule has 1 fully saturated rings. The maximum absolute atomic E-state index is 10.7. The number of hydrogen-bond donors (Lipinski definition) is 1. The van der Waals surface area contributed by atoms with Crippen LogP contribution in [-0.2, 0) is 4.79 Å². The lowest BCUT2D eigenvalue weighted by molar-refractivity contribution is -0.145. The molecule has 4 heteroatoms. The minimum absolute atomic E-state index is 0.145. The van der Waals surface area contributed by atoms with Gasteiger partial charge in [0.25, 0.3) is 0 Å². The molecule has 1 aromatic carbocycles. The van der Waals surface area contributed by atoms with Gasteiger partial charge in [0.1, 0.15) is 0 Å². The normalized spacial score (nSPS) is 22.9. The molecular formula is C13H17NO2S. The highest BCUT2D eigenvalue weighted by atomic mass is 32.2. The largest absolute Gasteiger partial charge is 0.481 e. The van der Waals surface area contributed by atoms with Crippen molar-refractivity contribution in [1.82, 2.24) is 0 Å². The Hall–Kier alpha value is -1.16. The average Bonchev–Trinajstić information content (AvgIpc) is 2.26. The van der Waals surface area contributed by atoms with E-state index in [2.05, 4.69) is 35.4 Å². The van der Waals surface area contributed by atoms with Crippen LogP contribution in [0.25, 0.3) is 0 Å². The molecule has 0 heterocycles. The second-order valence-electron chi connectivity index (χ2n) is 4.47. The van der Waals surface area contributed by atoms with Gasteiger partial charge < -0.3 is 10.0 Å². The molecule has 0 atom stereocenters. The van der Waals surface area contributed by atoms with Crippen molar-refractivity contribution in [3.8, 4) is 0 Å². The minimum atomic E-state index is -0.660. The molecule has 1 N–H and O–H groups in total. The van der Waals surface area contributed by atoms with E-state index in [9.17, 15) is 4.79 Å². The molecule has 17 heavy (non-hydrogen) atoms. The second-order valence-corrected chi connectivity index (χ2v) is 5.35. The molecule has 0 radical (unpaired) electrons.